The van der Waals surface area contributed by atoms with Gasteiger partial charge in [0.15, 0.2) is 0 Å². The monoisotopic (exact) mass is 250 g/mol. The molecule has 1 aliphatic heterocycles. The molecule has 0 bridgehead atoms. The number of ether oxygens (including phenoxy) is 1. The van der Waals surface area contributed by atoms with E-state index in [4.69, 9.17) is 4.74 Å². The van der Waals surface area contributed by atoms with Gasteiger partial charge in [-0.15, -0.1) is 0 Å². The topological polar surface area (TPSA) is 29.5 Å². The van der Waals surface area contributed by atoms with Crippen LogP contribution in [0.4, 0.5) is 4.39 Å². The van der Waals surface area contributed by atoms with Crippen LogP contribution in [0.5, 0.6) is 5.75 Å². The minimum atomic E-state index is -0.194. The van der Waals surface area contributed by atoms with E-state index in [9.17, 15) is 9.50 Å². The van der Waals surface area contributed by atoms with Crippen LogP contribution in [0.1, 0.15) is 38.2 Å². The van der Waals surface area contributed by atoms with Gasteiger partial charge in [0, 0.05) is 12.0 Å². The molecular weight excluding hydrogens is 231 g/mol. The van der Waals surface area contributed by atoms with Crippen LogP contribution in [0, 0.1) is 11.2 Å². The number of aliphatic hydroxyl groups is 1. The van der Waals surface area contributed by atoms with Crippen LogP contribution in [-0.4, -0.2) is 17.3 Å². The van der Waals surface area contributed by atoms with Crippen LogP contribution in [0.3, 0.4) is 0 Å². The lowest BCUT2D eigenvalue weighted by atomic mass is 9.82. The fourth-order valence-electron chi connectivity index (χ4n) is 3.43. The van der Waals surface area contributed by atoms with Gasteiger partial charge in [-0.25, -0.2) is 4.39 Å². The summed E-state index contributed by atoms with van der Waals surface area (Å²) in [6.07, 6.45) is 4.52. The highest BCUT2D eigenvalue weighted by Crippen LogP contribution is 2.44. The van der Waals surface area contributed by atoms with Crippen molar-refractivity contribution in [2.45, 2.75) is 51.2 Å². The van der Waals surface area contributed by atoms with Crippen molar-refractivity contribution in [3.8, 4) is 5.75 Å². The van der Waals surface area contributed by atoms with Gasteiger partial charge in [-0.1, -0.05) is 6.92 Å². The maximum absolute atomic E-state index is 13.1. The predicted octanol–water partition coefficient (Wildman–Crippen LogP) is 3.07. The Labute approximate surface area is 107 Å². The first kappa shape index (κ1) is 12.0. The van der Waals surface area contributed by atoms with E-state index in [1.807, 2.05) is 0 Å². The number of benzene rings is 1. The average Bonchev–Trinajstić information content (AvgIpc) is 2.81. The van der Waals surface area contributed by atoms with E-state index >= 15 is 0 Å². The fourth-order valence-corrected chi connectivity index (χ4v) is 3.43. The molecule has 2 nitrogen and oxygen atoms in total. The number of rotatable bonds is 2. The molecule has 3 heteroatoms. The van der Waals surface area contributed by atoms with E-state index in [0.29, 0.717) is 0 Å². The molecule has 1 heterocycles. The zero-order chi connectivity index (χ0) is 12.8. The lowest BCUT2D eigenvalue weighted by Crippen LogP contribution is -2.24. The Morgan fingerprint density at radius 2 is 2.33 bits per heavy atom. The molecule has 0 aromatic heterocycles. The van der Waals surface area contributed by atoms with Gasteiger partial charge < -0.3 is 9.84 Å². The maximum atomic E-state index is 13.1. The quantitative estimate of drug-likeness (QED) is 0.874. The summed E-state index contributed by atoms with van der Waals surface area (Å²) in [7, 11) is 0. The molecule has 2 aliphatic rings. The SMILES string of the molecule is CC1(CC2Cc3cc(F)ccc3O2)CCC(O)C1. The van der Waals surface area contributed by atoms with Gasteiger partial charge in [0.1, 0.15) is 17.7 Å². The molecular formula is C15H19FO2. The summed E-state index contributed by atoms with van der Waals surface area (Å²) in [5.41, 5.74) is 1.15. The Morgan fingerprint density at radius 3 is 3.06 bits per heavy atom. The van der Waals surface area contributed by atoms with Crippen LogP contribution >= 0.6 is 0 Å². The van der Waals surface area contributed by atoms with Crippen LogP contribution in [0.25, 0.3) is 0 Å². The Hall–Kier alpha value is -1.09. The third-order valence-electron chi connectivity index (χ3n) is 4.29. The Kier molecular flexibility index (Phi) is 2.81. The first-order chi connectivity index (χ1) is 8.54. The van der Waals surface area contributed by atoms with Gasteiger partial charge in [-0.3, -0.25) is 0 Å². The van der Waals surface area contributed by atoms with Gasteiger partial charge in [0.05, 0.1) is 6.10 Å². The highest BCUT2D eigenvalue weighted by molar-refractivity contribution is 5.37. The molecule has 18 heavy (non-hydrogen) atoms. The summed E-state index contributed by atoms with van der Waals surface area (Å²) in [4.78, 5) is 0. The summed E-state index contributed by atoms with van der Waals surface area (Å²) < 4.78 is 19.0. The van der Waals surface area contributed by atoms with Crippen LogP contribution < -0.4 is 4.74 Å². The van der Waals surface area contributed by atoms with Crippen molar-refractivity contribution >= 4 is 0 Å². The van der Waals surface area contributed by atoms with Gasteiger partial charge in [0.2, 0.25) is 0 Å². The molecule has 3 unspecified atom stereocenters. The number of hydrogen-bond acceptors (Lipinski definition) is 2. The largest absolute Gasteiger partial charge is 0.490 e. The van der Waals surface area contributed by atoms with Gasteiger partial charge in [-0.05, 0) is 49.3 Å². The van der Waals surface area contributed by atoms with E-state index < -0.39 is 0 Å². The van der Waals surface area contributed by atoms with Crippen molar-refractivity contribution < 1.29 is 14.2 Å². The molecule has 1 fully saturated rings. The zero-order valence-electron chi connectivity index (χ0n) is 10.7. The van der Waals surface area contributed by atoms with Gasteiger partial charge in [0.25, 0.3) is 0 Å². The highest BCUT2D eigenvalue weighted by atomic mass is 19.1. The minimum Gasteiger partial charge on any atom is -0.490 e. The summed E-state index contributed by atoms with van der Waals surface area (Å²) in [5, 5.41) is 9.66. The average molecular weight is 250 g/mol. The number of fused-ring (bicyclic) bond motifs is 1. The molecule has 0 amide bonds. The summed E-state index contributed by atoms with van der Waals surface area (Å²) in [5.74, 6) is 0.629. The van der Waals surface area contributed by atoms with Crippen LogP contribution in [-0.2, 0) is 6.42 Å². The minimum absolute atomic E-state index is 0.136. The molecule has 1 aliphatic carbocycles. The third-order valence-corrected chi connectivity index (χ3v) is 4.29. The Balaban J connectivity index is 1.68. The second kappa shape index (κ2) is 4.23. The molecule has 1 N–H and O–H groups in total. The third kappa shape index (κ3) is 2.24. The molecule has 0 radical (unpaired) electrons. The first-order valence-electron chi connectivity index (χ1n) is 6.67. The van der Waals surface area contributed by atoms with Crippen LogP contribution in [0.15, 0.2) is 18.2 Å². The van der Waals surface area contributed by atoms with E-state index in [0.717, 1.165) is 43.4 Å². The summed E-state index contributed by atoms with van der Waals surface area (Å²) >= 11 is 0. The summed E-state index contributed by atoms with van der Waals surface area (Å²) in [6.45, 7) is 2.22. The van der Waals surface area contributed by atoms with Crippen molar-refractivity contribution in [2.75, 3.05) is 0 Å². The second-order valence-electron chi connectivity index (χ2n) is 6.11. The molecule has 0 saturated heterocycles. The van der Waals surface area contributed by atoms with Gasteiger partial charge >= 0.3 is 0 Å². The molecule has 0 spiro atoms. The van der Waals surface area contributed by atoms with E-state index in [2.05, 4.69) is 6.92 Å². The van der Waals surface area contributed by atoms with Crippen molar-refractivity contribution in [1.29, 1.82) is 0 Å². The summed E-state index contributed by atoms with van der Waals surface area (Å²) in [6, 6.07) is 4.74. The zero-order valence-corrected chi connectivity index (χ0v) is 10.7. The maximum Gasteiger partial charge on any atom is 0.123 e. The van der Waals surface area contributed by atoms with Crippen molar-refractivity contribution in [1.82, 2.24) is 0 Å². The van der Waals surface area contributed by atoms with E-state index in [1.165, 1.54) is 6.07 Å². The molecule has 3 atom stereocenters. The Morgan fingerprint density at radius 1 is 1.50 bits per heavy atom. The molecule has 1 aromatic rings. The lowest BCUT2D eigenvalue weighted by Gasteiger charge is -2.26. The van der Waals surface area contributed by atoms with Crippen molar-refractivity contribution in [2.24, 2.45) is 5.41 Å². The fraction of sp³-hybridized carbons (Fsp3) is 0.600. The second-order valence-corrected chi connectivity index (χ2v) is 6.11. The van der Waals surface area contributed by atoms with E-state index in [1.54, 1.807) is 12.1 Å². The number of halogens is 1. The van der Waals surface area contributed by atoms with E-state index in [-0.39, 0.29) is 23.4 Å². The highest BCUT2D eigenvalue weighted by Gasteiger charge is 2.38. The predicted molar refractivity (Wildman–Crippen MR) is 67.1 cm³/mol. The van der Waals surface area contributed by atoms with Crippen molar-refractivity contribution in [3.63, 3.8) is 0 Å². The lowest BCUT2D eigenvalue weighted by molar-refractivity contribution is 0.123. The number of aliphatic hydroxyl groups excluding tert-OH is 1. The smallest absolute Gasteiger partial charge is 0.123 e. The number of hydrogen-bond donors (Lipinski definition) is 1. The standard InChI is InChI=1S/C15H19FO2/c1-15(5-4-12(17)8-15)9-13-7-10-6-11(16)2-3-14(10)18-13/h2-3,6,12-13,17H,4-5,7-9H2,1H3. The molecule has 1 saturated carbocycles. The van der Waals surface area contributed by atoms with Crippen LogP contribution in [0.2, 0.25) is 0 Å². The first-order valence-corrected chi connectivity index (χ1v) is 6.67. The van der Waals surface area contributed by atoms with Gasteiger partial charge in [-0.2, -0.15) is 0 Å². The molecule has 3 rings (SSSR count). The molecule has 98 valence electrons. The normalized spacial score (nSPS) is 34.4. The molecule has 1 aromatic carbocycles. The Bertz CT molecular complexity index is 460. The van der Waals surface area contributed by atoms with Crippen molar-refractivity contribution in [3.05, 3.63) is 29.6 Å².